The topological polar surface area (TPSA) is 42.4 Å². The van der Waals surface area contributed by atoms with Gasteiger partial charge in [-0.1, -0.05) is 23.7 Å². The second-order valence-corrected chi connectivity index (χ2v) is 5.91. The first-order valence-corrected chi connectivity index (χ1v) is 8.22. The molecule has 1 aromatic heterocycles. The molecule has 0 bridgehead atoms. The zero-order chi connectivity index (χ0) is 16.2. The van der Waals surface area contributed by atoms with Gasteiger partial charge in [0, 0.05) is 18.3 Å². The second-order valence-electron chi connectivity index (χ2n) is 5.53. The Bertz CT molecular complexity index is 688. The van der Waals surface area contributed by atoms with Crippen LogP contribution in [0.1, 0.15) is 41.7 Å². The van der Waals surface area contributed by atoms with Gasteiger partial charge in [-0.25, -0.2) is 4.98 Å². The molecule has 4 nitrogen and oxygen atoms in total. The Morgan fingerprint density at radius 3 is 2.83 bits per heavy atom. The first kappa shape index (κ1) is 15.8. The van der Waals surface area contributed by atoms with Gasteiger partial charge in [0.2, 0.25) is 0 Å². The number of nitrogens with zero attached hydrogens (tertiary/aromatic N) is 2. The molecule has 2 aromatic rings. The molecule has 1 aliphatic rings. The van der Waals surface area contributed by atoms with Gasteiger partial charge in [-0.2, -0.15) is 0 Å². The van der Waals surface area contributed by atoms with E-state index in [0.29, 0.717) is 17.3 Å². The number of rotatable bonds is 4. The van der Waals surface area contributed by atoms with Crippen molar-refractivity contribution < 1.29 is 9.53 Å². The molecule has 1 amide bonds. The highest BCUT2D eigenvalue weighted by atomic mass is 35.5. The Balaban J connectivity index is 1.81. The Hall–Kier alpha value is -2.07. The fraction of sp³-hybridized carbons (Fsp3) is 0.333. The largest absolute Gasteiger partial charge is 0.494 e. The molecule has 5 heteroatoms. The van der Waals surface area contributed by atoms with Gasteiger partial charge in [0.1, 0.15) is 10.9 Å². The summed E-state index contributed by atoms with van der Waals surface area (Å²) in [4.78, 5) is 18.6. The predicted octanol–water partition coefficient (Wildman–Crippen LogP) is 4.11. The molecule has 0 saturated carbocycles. The standard InChI is InChI=1S/C18H19ClN2O2/c1-2-23-15-7-5-13(6-8-15)16-4-3-11-21(16)18(22)14-9-10-20-17(19)12-14/h5-10,12,16H,2-4,11H2,1H3/t16-/m1/s1. The van der Waals surface area contributed by atoms with Crippen LogP contribution in [0, 0.1) is 0 Å². The lowest BCUT2D eigenvalue weighted by Gasteiger charge is -2.25. The Morgan fingerprint density at radius 2 is 2.13 bits per heavy atom. The summed E-state index contributed by atoms with van der Waals surface area (Å²) in [6, 6.07) is 11.4. The highest BCUT2D eigenvalue weighted by molar-refractivity contribution is 6.29. The molecule has 23 heavy (non-hydrogen) atoms. The van der Waals surface area contributed by atoms with Crippen LogP contribution < -0.4 is 4.74 Å². The highest BCUT2D eigenvalue weighted by Gasteiger charge is 2.30. The second kappa shape index (κ2) is 7.01. The molecule has 0 N–H and O–H groups in total. The maximum Gasteiger partial charge on any atom is 0.254 e. The molecular formula is C18H19ClN2O2. The van der Waals surface area contributed by atoms with Crippen LogP contribution in [0.15, 0.2) is 42.6 Å². The first-order chi connectivity index (χ1) is 11.2. The summed E-state index contributed by atoms with van der Waals surface area (Å²) < 4.78 is 5.48. The molecule has 1 aliphatic heterocycles. The highest BCUT2D eigenvalue weighted by Crippen LogP contribution is 2.34. The number of aromatic nitrogens is 1. The zero-order valence-electron chi connectivity index (χ0n) is 13.0. The lowest BCUT2D eigenvalue weighted by atomic mass is 10.0. The van der Waals surface area contributed by atoms with E-state index in [1.807, 2.05) is 36.1 Å². The zero-order valence-corrected chi connectivity index (χ0v) is 13.8. The molecule has 0 radical (unpaired) electrons. The number of carbonyl (C=O) groups excluding carboxylic acids is 1. The summed E-state index contributed by atoms with van der Waals surface area (Å²) in [5.41, 5.74) is 1.72. The van der Waals surface area contributed by atoms with Crippen molar-refractivity contribution in [3.8, 4) is 5.75 Å². The summed E-state index contributed by atoms with van der Waals surface area (Å²) in [5, 5.41) is 0.340. The van der Waals surface area contributed by atoms with Gasteiger partial charge in [-0.05, 0) is 49.6 Å². The number of benzene rings is 1. The lowest BCUT2D eigenvalue weighted by molar-refractivity contribution is 0.0735. The smallest absolute Gasteiger partial charge is 0.254 e. The third-order valence-corrected chi connectivity index (χ3v) is 4.27. The van der Waals surface area contributed by atoms with Gasteiger partial charge in [-0.3, -0.25) is 4.79 Å². The van der Waals surface area contributed by atoms with E-state index < -0.39 is 0 Å². The number of likely N-dealkylation sites (tertiary alicyclic amines) is 1. The van der Waals surface area contributed by atoms with Crippen LogP contribution in [-0.4, -0.2) is 28.9 Å². The van der Waals surface area contributed by atoms with Crippen molar-refractivity contribution in [3.05, 3.63) is 58.9 Å². The number of ether oxygens (including phenoxy) is 1. The number of amides is 1. The van der Waals surface area contributed by atoms with Gasteiger partial charge >= 0.3 is 0 Å². The third kappa shape index (κ3) is 3.48. The summed E-state index contributed by atoms with van der Waals surface area (Å²) in [6.07, 6.45) is 3.54. The lowest BCUT2D eigenvalue weighted by Crippen LogP contribution is -2.30. The van der Waals surface area contributed by atoms with E-state index in [-0.39, 0.29) is 11.9 Å². The van der Waals surface area contributed by atoms with Crippen LogP contribution in [0.3, 0.4) is 0 Å². The maximum absolute atomic E-state index is 12.8. The molecule has 0 spiro atoms. The number of halogens is 1. The molecule has 1 fully saturated rings. The summed E-state index contributed by atoms with van der Waals surface area (Å²) in [7, 11) is 0. The van der Waals surface area contributed by atoms with Gasteiger partial charge in [0.25, 0.3) is 5.91 Å². The number of hydrogen-bond acceptors (Lipinski definition) is 3. The van der Waals surface area contributed by atoms with Gasteiger partial charge in [0.15, 0.2) is 0 Å². The number of pyridine rings is 1. The molecule has 120 valence electrons. The van der Waals surface area contributed by atoms with Crippen molar-refractivity contribution in [3.63, 3.8) is 0 Å². The minimum absolute atomic E-state index is 0.00526. The van der Waals surface area contributed by atoms with Crippen LogP contribution in [-0.2, 0) is 0 Å². The van der Waals surface area contributed by atoms with E-state index >= 15 is 0 Å². The van der Waals surface area contributed by atoms with E-state index in [1.165, 1.54) is 0 Å². The SMILES string of the molecule is CCOc1ccc([C@H]2CCCN2C(=O)c2ccnc(Cl)c2)cc1. The van der Waals surface area contributed by atoms with Crippen LogP contribution in [0.2, 0.25) is 5.15 Å². The average molecular weight is 331 g/mol. The van der Waals surface area contributed by atoms with E-state index in [4.69, 9.17) is 16.3 Å². The first-order valence-electron chi connectivity index (χ1n) is 7.84. The molecular weight excluding hydrogens is 312 g/mol. The fourth-order valence-electron chi connectivity index (χ4n) is 3.01. The minimum atomic E-state index is 0.00526. The Kier molecular flexibility index (Phi) is 4.82. The average Bonchev–Trinajstić information content (AvgIpc) is 3.05. The van der Waals surface area contributed by atoms with Gasteiger partial charge in [-0.15, -0.1) is 0 Å². The molecule has 3 rings (SSSR count). The maximum atomic E-state index is 12.8. The van der Waals surface area contributed by atoms with E-state index in [2.05, 4.69) is 4.98 Å². The normalized spacial score (nSPS) is 17.3. The molecule has 0 unspecified atom stereocenters. The van der Waals surface area contributed by atoms with Crippen molar-refractivity contribution in [2.24, 2.45) is 0 Å². The van der Waals surface area contributed by atoms with Crippen LogP contribution >= 0.6 is 11.6 Å². The van der Waals surface area contributed by atoms with Crippen molar-refractivity contribution >= 4 is 17.5 Å². The van der Waals surface area contributed by atoms with Crippen LogP contribution in [0.25, 0.3) is 0 Å². The molecule has 2 heterocycles. The third-order valence-electron chi connectivity index (χ3n) is 4.06. The predicted molar refractivity (Wildman–Crippen MR) is 89.9 cm³/mol. The molecule has 1 saturated heterocycles. The van der Waals surface area contributed by atoms with Crippen LogP contribution in [0.4, 0.5) is 0 Å². The quantitative estimate of drug-likeness (QED) is 0.792. The molecule has 0 aliphatic carbocycles. The minimum Gasteiger partial charge on any atom is -0.494 e. The van der Waals surface area contributed by atoms with Crippen molar-refractivity contribution in [2.75, 3.05) is 13.2 Å². The van der Waals surface area contributed by atoms with Crippen LogP contribution in [0.5, 0.6) is 5.75 Å². The van der Waals surface area contributed by atoms with Gasteiger partial charge < -0.3 is 9.64 Å². The van der Waals surface area contributed by atoms with Crippen molar-refractivity contribution in [1.29, 1.82) is 0 Å². The summed E-state index contributed by atoms with van der Waals surface area (Å²) in [6.45, 7) is 3.37. The molecule has 1 aromatic carbocycles. The molecule has 1 atom stereocenters. The van der Waals surface area contributed by atoms with E-state index in [9.17, 15) is 4.79 Å². The Labute approximate surface area is 141 Å². The van der Waals surface area contributed by atoms with Gasteiger partial charge in [0.05, 0.1) is 12.6 Å². The number of hydrogen-bond donors (Lipinski definition) is 0. The van der Waals surface area contributed by atoms with E-state index in [0.717, 1.165) is 30.7 Å². The fourth-order valence-corrected chi connectivity index (χ4v) is 3.18. The van der Waals surface area contributed by atoms with Crippen molar-refractivity contribution in [1.82, 2.24) is 9.88 Å². The monoisotopic (exact) mass is 330 g/mol. The summed E-state index contributed by atoms with van der Waals surface area (Å²) >= 11 is 5.90. The van der Waals surface area contributed by atoms with Crippen molar-refractivity contribution in [2.45, 2.75) is 25.8 Å². The number of carbonyl (C=O) groups is 1. The van der Waals surface area contributed by atoms with E-state index in [1.54, 1.807) is 18.3 Å². The summed E-state index contributed by atoms with van der Waals surface area (Å²) in [5.74, 6) is 0.860. The Morgan fingerprint density at radius 1 is 1.35 bits per heavy atom.